The predicted molar refractivity (Wildman–Crippen MR) is 189 cm³/mol. The van der Waals surface area contributed by atoms with Gasteiger partial charge in [0.05, 0.1) is 6.61 Å². The van der Waals surface area contributed by atoms with Crippen molar-refractivity contribution < 1.29 is 44.7 Å². The minimum absolute atomic E-state index is 0. The Balaban J connectivity index is -0.0000000919. The number of unbranched alkanes of at least 4 members (excludes halogenated alkanes) is 12. The summed E-state index contributed by atoms with van der Waals surface area (Å²) in [6.07, 6.45) is 15.3. The van der Waals surface area contributed by atoms with Gasteiger partial charge in [-0.05, 0) is 72.5 Å². The topological polar surface area (TPSA) is 116 Å². The van der Waals surface area contributed by atoms with E-state index in [4.69, 9.17) is 9.47 Å². The van der Waals surface area contributed by atoms with E-state index in [1.807, 2.05) is 0 Å². The number of ether oxygens (including phenoxy) is 2. The zero-order chi connectivity index (χ0) is 31.5. The lowest BCUT2D eigenvalue weighted by Crippen LogP contribution is -2.28. The lowest BCUT2D eigenvalue weighted by Gasteiger charge is -2.14. The number of nitrogens with two attached hydrogens (primary N) is 1. The van der Waals surface area contributed by atoms with Gasteiger partial charge in [0.15, 0.2) is 6.10 Å². The lowest BCUT2D eigenvalue weighted by molar-refractivity contribution is -0.159. The second-order valence-electron chi connectivity index (χ2n) is 9.12. The molecule has 0 heterocycles. The average Bonchev–Trinajstić information content (AvgIpc) is 2.96. The summed E-state index contributed by atoms with van der Waals surface area (Å²) in [7, 11) is 0. The third kappa shape index (κ3) is 35.7. The van der Waals surface area contributed by atoms with Gasteiger partial charge in [0.1, 0.15) is 6.61 Å². The molecule has 0 aromatic carbocycles. The van der Waals surface area contributed by atoms with E-state index in [2.05, 4.69) is 83.7 Å². The maximum absolute atomic E-state index is 12.0. The first kappa shape index (κ1) is 39.9. The Hall–Kier alpha value is -4.27. The molecule has 248 valence electrons. The second-order valence-corrected chi connectivity index (χ2v) is 9.12. The molecule has 0 fully saturated rings. The molecule has 0 saturated carbocycles. The van der Waals surface area contributed by atoms with Crippen molar-refractivity contribution in [1.82, 2.24) is 0 Å². The van der Waals surface area contributed by atoms with E-state index in [9.17, 15) is 19.5 Å². The number of esters is 2. The van der Waals surface area contributed by atoms with Crippen LogP contribution in [0.4, 0.5) is 0 Å². The van der Waals surface area contributed by atoms with Crippen molar-refractivity contribution in [2.24, 2.45) is 5.73 Å². The summed E-state index contributed by atoms with van der Waals surface area (Å²) in [5.41, 5.74) is 4.47. The summed E-state index contributed by atoms with van der Waals surface area (Å²) in [5, 5.41) is 9.38. The number of primary amides is 1. The van der Waals surface area contributed by atoms with Crippen LogP contribution in [0, 0.1) is 71.0 Å². The van der Waals surface area contributed by atoms with Crippen LogP contribution in [-0.2, 0) is 23.9 Å². The number of carbonyl (C=O) groups excluding carboxylic acids is 3. The van der Waals surface area contributed by atoms with Gasteiger partial charge >= 0.3 is 11.9 Å². The molecule has 0 radical (unpaired) electrons. The Bertz CT molecular complexity index is 1190. The van der Waals surface area contributed by atoms with Crippen LogP contribution in [0.15, 0.2) is 0 Å². The Morgan fingerprint density at radius 1 is 0.714 bits per heavy atom. The van der Waals surface area contributed by atoms with Crippen LogP contribution in [0.1, 0.15) is 126 Å². The van der Waals surface area contributed by atoms with Gasteiger partial charge in [0.25, 0.3) is 0 Å². The molecule has 3 N–H and O–H groups in total. The van der Waals surface area contributed by atoms with E-state index in [-0.39, 0.29) is 34.6 Å². The van der Waals surface area contributed by atoms with Gasteiger partial charge < -0.3 is 20.3 Å². The van der Waals surface area contributed by atoms with Crippen LogP contribution in [0.25, 0.3) is 0 Å². The van der Waals surface area contributed by atoms with Crippen LogP contribution in [0.5, 0.6) is 0 Å². The highest BCUT2D eigenvalue weighted by molar-refractivity contribution is 5.89. The molecule has 0 rings (SSSR count). The molecule has 1 amide bonds. The molecule has 0 spiro atoms. The molecule has 1 atom stereocenters. The zero-order valence-corrected chi connectivity index (χ0v) is 25.5. The van der Waals surface area contributed by atoms with Gasteiger partial charge in [0.2, 0.25) is 5.91 Å². The van der Waals surface area contributed by atoms with Crippen LogP contribution in [-0.4, -0.2) is 42.3 Å². The molecule has 0 bridgehead atoms. The standard InChI is InChI=1S/C33H40O5.C2H5NO.11H2/c1-3-5-7-9-11-13-15-16-18-20-22-24-26-28-33(36)38-31(29-34)30-37-32(35)27-25-23-21-19-17-14-12-10-8-6-4-2;1-2(3)4;;;;;;;;;;;/h31,34H,3,5,7,9,11,13,15-16,18,20,22,24,26,28-30H2,1-2H3;1H3,(H2,3,4);11*1H/t31-;;;;;;;;;;;;/m0............/s1. The van der Waals surface area contributed by atoms with E-state index < -0.39 is 24.6 Å². The number of rotatable bonds is 18. The first-order chi connectivity index (χ1) is 20.4. The molecule has 0 saturated heterocycles. The Morgan fingerprint density at radius 2 is 1.12 bits per heavy atom. The number of hydrogen-bond donors (Lipinski definition) is 2. The van der Waals surface area contributed by atoms with Crippen molar-refractivity contribution in [1.29, 1.82) is 0 Å². The Morgan fingerprint density at radius 3 is 1.55 bits per heavy atom. The first-order valence-electron chi connectivity index (χ1n) is 14.5. The number of hydrogen-bond acceptors (Lipinski definition) is 6. The van der Waals surface area contributed by atoms with Crippen LogP contribution in [0.2, 0.25) is 0 Å². The van der Waals surface area contributed by atoms with Crippen molar-refractivity contribution in [3.05, 3.63) is 0 Å². The molecule has 7 heteroatoms. The maximum atomic E-state index is 12.0. The minimum Gasteiger partial charge on any atom is -0.456 e. The summed E-state index contributed by atoms with van der Waals surface area (Å²) in [4.78, 5) is 32.9. The van der Waals surface area contributed by atoms with Crippen molar-refractivity contribution in [3.8, 4) is 71.0 Å². The molecule has 0 aliphatic rings. The quantitative estimate of drug-likeness (QED) is 0.0750. The van der Waals surface area contributed by atoms with Crippen LogP contribution < -0.4 is 5.73 Å². The SMILES string of the molecule is CC#CC#CC#CC#CC#CC#CC(=O)OC[C@H](CO)OC(=O)CCCCCCCCCCCCCCC.CC(N)=O.[HH].[HH].[HH].[HH].[HH].[HH].[HH].[HH].[HH].[HH].[HH]. The van der Waals surface area contributed by atoms with Gasteiger partial charge in [-0.25, -0.2) is 4.79 Å². The van der Waals surface area contributed by atoms with Gasteiger partial charge in [0, 0.05) is 35.0 Å². The Labute approximate surface area is 269 Å². The molecular weight excluding hydrogens is 530 g/mol. The number of amides is 1. The summed E-state index contributed by atoms with van der Waals surface area (Å²) in [6.45, 7) is 4.50. The van der Waals surface area contributed by atoms with Crippen molar-refractivity contribution in [2.45, 2.75) is 117 Å². The smallest absolute Gasteiger partial charge is 0.385 e. The number of aliphatic hydroxyl groups excluding tert-OH is 1. The molecular formula is C35H67NO6. The van der Waals surface area contributed by atoms with Gasteiger partial charge in [-0.1, -0.05) is 89.9 Å². The highest BCUT2D eigenvalue weighted by Gasteiger charge is 2.15. The fraction of sp³-hybridized carbons (Fsp3) is 0.571. The average molecular weight is 598 g/mol. The second kappa shape index (κ2) is 32.9. The van der Waals surface area contributed by atoms with Crippen molar-refractivity contribution in [3.63, 3.8) is 0 Å². The predicted octanol–water partition coefficient (Wildman–Crippen LogP) is 7.15. The summed E-state index contributed by atoms with van der Waals surface area (Å²) >= 11 is 0. The van der Waals surface area contributed by atoms with Gasteiger partial charge in [-0.15, -0.1) is 0 Å². The molecule has 42 heavy (non-hydrogen) atoms. The molecule has 7 nitrogen and oxygen atoms in total. The highest BCUT2D eigenvalue weighted by atomic mass is 16.6. The fourth-order valence-electron chi connectivity index (χ4n) is 3.26. The van der Waals surface area contributed by atoms with Crippen molar-refractivity contribution >= 4 is 17.8 Å². The number of aliphatic hydroxyl groups is 1. The summed E-state index contributed by atoms with van der Waals surface area (Å²) in [6, 6.07) is 0. The van der Waals surface area contributed by atoms with E-state index in [0.717, 1.165) is 19.3 Å². The zero-order valence-electron chi connectivity index (χ0n) is 25.5. The molecule has 0 aliphatic heterocycles. The minimum atomic E-state index is -0.919. The van der Waals surface area contributed by atoms with E-state index >= 15 is 0 Å². The van der Waals surface area contributed by atoms with Gasteiger partial charge in [-0.2, -0.15) is 0 Å². The fourth-order valence-corrected chi connectivity index (χ4v) is 3.26. The lowest BCUT2D eigenvalue weighted by atomic mass is 10.0. The third-order valence-electron chi connectivity index (χ3n) is 5.24. The maximum Gasteiger partial charge on any atom is 0.385 e. The van der Waals surface area contributed by atoms with E-state index in [0.29, 0.717) is 0 Å². The van der Waals surface area contributed by atoms with Crippen LogP contribution >= 0.6 is 0 Å². The monoisotopic (exact) mass is 597 g/mol. The highest BCUT2D eigenvalue weighted by Crippen LogP contribution is 2.13. The van der Waals surface area contributed by atoms with Crippen LogP contribution in [0.3, 0.4) is 0 Å². The summed E-state index contributed by atoms with van der Waals surface area (Å²) < 4.78 is 10.1. The largest absolute Gasteiger partial charge is 0.456 e. The van der Waals surface area contributed by atoms with Gasteiger partial charge in [-0.3, -0.25) is 9.59 Å². The van der Waals surface area contributed by atoms with Crippen molar-refractivity contribution in [2.75, 3.05) is 13.2 Å². The number of carbonyl (C=O) groups is 3. The third-order valence-corrected chi connectivity index (χ3v) is 5.24. The first-order valence-corrected chi connectivity index (χ1v) is 14.5. The molecule has 0 aromatic rings. The molecule has 0 aliphatic carbocycles. The normalized spacial score (nSPS) is 9.14. The van der Waals surface area contributed by atoms with E-state index in [1.165, 1.54) is 71.1 Å². The summed E-state index contributed by atoms with van der Waals surface area (Å²) in [5.74, 6) is 27.7. The van der Waals surface area contributed by atoms with E-state index in [1.54, 1.807) is 6.92 Å². The molecule has 0 unspecified atom stereocenters. The molecule has 0 aromatic heterocycles. The Kier molecular flexibility index (Phi) is 31.3.